The first kappa shape index (κ1) is 16.1. The SMILES string of the molecule is CN(CCOc1ccccc1)C(=O)C1Cc2ccccc2C(=O)O1. The first-order chi connectivity index (χ1) is 11.6. The molecule has 2 aromatic rings. The van der Waals surface area contributed by atoms with E-state index in [2.05, 4.69) is 0 Å². The van der Waals surface area contributed by atoms with Crippen molar-refractivity contribution in [2.75, 3.05) is 20.2 Å². The van der Waals surface area contributed by atoms with E-state index in [1.807, 2.05) is 42.5 Å². The van der Waals surface area contributed by atoms with Gasteiger partial charge in [-0.05, 0) is 23.8 Å². The van der Waals surface area contributed by atoms with E-state index in [-0.39, 0.29) is 5.91 Å². The second-order valence-electron chi connectivity index (χ2n) is 5.68. The Hall–Kier alpha value is -2.82. The van der Waals surface area contributed by atoms with Crippen molar-refractivity contribution >= 4 is 11.9 Å². The number of nitrogens with zero attached hydrogens (tertiary/aromatic N) is 1. The second-order valence-corrected chi connectivity index (χ2v) is 5.68. The van der Waals surface area contributed by atoms with Crippen LogP contribution in [-0.4, -0.2) is 43.1 Å². The lowest BCUT2D eigenvalue weighted by Crippen LogP contribution is -2.44. The summed E-state index contributed by atoms with van der Waals surface area (Å²) in [4.78, 5) is 26.0. The van der Waals surface area contributed by atoms with Crippen molar-refractivity contribution in [1.82, 2.24) is 4.90 Å². The van der Waals surface area contributed by atoms with Crippen LogP contribution in [0.15, 0.2) is 54.6 Å². The zero-order chi connectivity index (χ0) is 16.9. The highest BCUT2D eigenvalue weighted by Gasteiger charge is 2.32. The first-order valence-corrected chi connectivity index (χ1v) is 7.87. The molecule has 0 aliphatic carbocycles. The number of benzene rings is 2. The third-order valence-corrected chi connectivity index (χ3v) is 3.98. The summed E-state index contributed by atoms with van der Waals surface area (Å²) < 4.78 is 10.9. The quantitative estimate of drug-likeness (QED) is 0.792. The normalized spacial score (nSPS) is 16.0. The van der Waals surface area contributed by atoms with Crippen LogP contribution in [0.1, 0.15) is 15.9 Å². The number of esters is 1. The number of carbonyl (C=O) groups excluding carboxylic acids is 2. The highest BCUT2D eigenvalue weighted by atomic mass is 16.5. The molecule has 24 heavy (non-hydrogen) atoms. The number of hydrogen-bond donors (Lipinski definition) is 0. The van der Waals surface area contributed by atoms with Crippen LogP contribution in [0.3, 0.4) is 0 Å². The van der Waals surface area contributed by atoms with Gasteiger partial charge in [0.1, 0.15) is 12.4 Å². The van der Waals surface area contributed by atoms with Crippen LogP contribution in [0.25, 0.3) is 0 Å². The topological polar surface area (TPSA) is 55.8 Å². The van der Waals surface area contributed by atoms with E-state index in [0.717, 1.165) is 11.3 Å². The summed E-state index contributed by atoms with van der Waals surface area (Å²) in [6, 6.07) is 16.6. The molecule has 0 saturated carbocycles. The van der Waals surface area contributed by atoms with Crippen molar-refractivity contribution in [3.05, 3.63) is 65.7 Å². The molecule has 2 aromatic carbocycles. The van der Waals surface area contributed by atoms with Crippen molar-refractivity contribution in [3.63, 3.8) is 0 Å². The minimum Gasteiger partial charge on any atom is -0.492 e. The number of rotatable bonds is 5. The Labute approximate surface area is 140 Å². The molecule has 0 bridgehead atoms. The molecule has 1 atom stereocenters. The van der Waals surface area contributed by atoms with Crippen molar-refractivity contribution in [2.45, 2.75) is 12.5 Å². The first-order valence-electron chi connectivity index (χ1n) is 7.87. The summed E-state index contributed by atoms with van der Waals surface area (Å²) in [7, 11) is 1.69. The number of ether oxygens (including phenoxy) is 2. The Morgan fingerprint density at radius 3 is 2.67 bits per heavy atom. The number of cyclic esters (lactones) is 1. The van der Waals surface area contributed by atoms with E-state index < -0.39 is 12.1 Å². The van der Waals surface area contributed by atoms with Crippen LogP contribution in [0.5, 0.6) is 5.75 Å². The largest absolute Gasteiger partial charge is 0.492 e. The van der Waals surface area contributed by atoms with E-state index in [4.69, 9.17) is 9.47 Å². The molecule has 0 aromatic heterocycles. The highest BCUT2D eigenvalue weighted by molar-refractivity contribution is 5.95. The predicted molar refractivity (Wildman–Crippen MR) is 88.9 cm³/mol. The molecule has 1 aliphatic rings. The van der Waals surface area contributed by atoms with Gasteiger partial charge in [0, 0.05) is 13.5 Å². The average Bonchev–Trinajstić information content (AvgIpc) is 2.62. The molecule has 1 amide bonds. The van der Waals surface area contributed by atoms with Gasteiger partial charge >= 0.3 is 5.97 Å². The Morgan fingerprint density at radius 1 is 1.17 bits per heavy atom. The Morgan fingerprint density at radius 2 is 1.88 bits per heavy atom. The Kier molecular flexibility index (Phi) is 4.79. The monoisotopic (exact) mass is 325 g/mol. The summed E-state index contributed by atoms with van der Waals surface area (Å²) in [6.07, 6.45) is -0.362. The molecule has 0 fully saturated rings. The van der Waals surface area contributed by atoms with Crippen molar-refractivity contribution in [2.24, 2.45) is 0 Å². The fraction of sp³-hybridized carbons (Fsp3) is 0.263. The zero-order valence-electron chi connectivity index (χ0n) is 13.5. The second kappa shape index (κ2) is 7.17. The number of para-hydroxylation sites is 1. The van der Waals surface area contributed by atoms with Crippen LogP contribution in [-0.2, 0) is 16.0 Å². The lowest BCUT2D eigenvalue weighted by Gasteiger charge is -2.27. The molecule has 3 rings (SSSR count). The summed E-state index contributed by atoms with van der Waals surface area (Å²) >= 11 is 0. The molecule has 5 nitrogen and oxygen atoms in total. The van der Waals surface area contributed by atoms with Crippen molar-refractivity contribution in [3.8, 4) is 5.75 Å². The Balaban J connectivity index is 1.55. The smallest absolute Gasteiger partial charge is 0.339 e. The van der Waals surface area contributed by atoms with Gasteiger partial charge in [-0.15, -0.1) is 0 Å². The van der Waals surface area contributed by atoms with Crippen molar-refractivity contribution < 1.29 is 19.1 Å². The van der Waals surface area contributed by atoms with Gasteiger partial charge in [0.05, 0.1) is 12.1 Å². The maximum Gasteiger partial charge on any atom is 0.339 e. The lowest BCUT2D eigenvalue weighted by molar-refractivity contribution is -0.140. The maximum absolute atomic E-state index is 12.5. The van der Waals surface area contributed by atoms with Crippen LogP contribution < -0.4 is 4.74 Å². The number of carbonyl (C=O) groups is 2. The molecule has 5 heteroatoms. The van der Waals surface area contributed by atoms with E-state index in [1.54, 1.807) is 19.2 Å². The fourth-order valence-corrected chi connectivity index (χ4v) is 2.64. The highest BCUT2D eigenvalue weighted by Crippen LogP contribution is 2.21. The van der Waals surface area contributed by atoms with E-state index in [9.17, 15) is 9.59 Å². The van der Waals surface area contributed by atoms with Gasteiger partial charge < -0.3 is 14.4 Å². The van der Waals surface area contributed by atoms with E-state index >= 15 is 0 Å². The fourth-order valence-electron chi connectivity index (χ4n) is 2.64. The molecular formula is C19H19NO4. The Bertz CT molecular complexity index is 729. The standard InChI is InChI=1S/C19H19NO4/c1-20(11-12-23-15-8-3-2-4-9-15)18(21)17-13-14-7-5-6-10-16(14)19(22)24-17/h2-10,17H,11-13H2,1H3. The summed E-state index contributed by atoms with van der Waals surface area (Å²) in [5.41, 5.74) is 1.39. The van der Waals surface area contributed by atoms with Crippen LogP contribution in [0, 0.1) is 0 Å². The lowest BCUT2D eigenvalue weighted by atomic mass is 9.98. The third kappa shape index (κ3) is 3.56. The van der Waals surface area contributed by atoms with Gasteiger partial charge in [-0.1, -0.05) is 36.4 Å². The summed E-state index contributed by atoms with van der Waals surface area (Å²) in [5.74, 6) is 0.107. The van der Waals surface area contributed by atoms with Gasteiger partial charge in [0.15, 0.2) is 6.10 Å². The molecule has 124 valence electrons. The van der Waals surface area contributed by atoms with E-state index in [1.165, 1.54) is 4.90 Å². The number of likely N-dealkylation sites (N-methyl/N-ethyl adjacent to an activating group) is 1. The molecular weight excluding hydrogens is 306 g/mol. The molecule has 1 unspecified atom stereocenters. The van der Waals surface area contributed by atoms with Crippen LogP contribution in [0.2, 0.25) is 0 Å². The molecule has 0 saturated heterocycles. The number of fused-ring (bicyclic) bond motifs is 1. The maximum atomic E-state index is 12.5. The predicted octanol–water partition coefficient (Wildman–Crippen LogP) is 2.31. The van der Waals surface area contributed by atoms with Crippen molar-refractivity contribution in [1.29, 1.82) is 0 Å². The van der Waals surface area contributed by atoms with Gasteiger partial charge in [0.25, 0.3) is 5.91 Å². The molecule has 0 N–H and O–H groups in total. The van der Waals surface area contributed by atoms with Crippen LogP contribution in [0.4, 0.5) is 0 Å². The molecule has 0 radical (unpaired) electrons. The van der Waals surface area contributed by atoms with Gasteiger partial charge in [-0.3, -0.25) is 4.79 Å². The molecule has 1 aliphatic heterocycles. The molecule has 1 heterocycles. The minimum absolute atomic E-state index is 0.213. The number of amides is 1. The van der Waals surface area contributed by atoms with E-state index in [0.29, 0.717) is 25.1 Å². The summed E-state index contributed by atoms with van der Waals surface area (Å²) in [6.45, 7) is 0.799. The van der Waals surface area contributed by atoms with Gasteiger partial charge in [-0.2, -0.15) is 0 Å². The number of hydrogen-bond acceptors (Lipinski definition) is 4. The molecule has 0 spiro atoms. The summed E-state index contributed by atoms with van der Waals surface area (Å²) in [5, 5.41) is 0. The van der Waals surface area contributed by atoms with Gasteiger partial charge in [-0.25, -0.2) is 4.79 Å². The average molecular weight is 325 g/mol. The zero-order valence-corrected chi connectivity index (χ0v) is 13.5. The van der Waals surface area contributed by atoms with Gasteiger partial charge in [0.2, 0.25) is 0 Å². The van der Waals surface area contributed by atoms with Crippen LogP contribution >= 0.6 is 0 Å². The third-order valence-electron chi connectivity index (χ3n) is 3.98. The minimum atomic E-state index is -0.769.